The molecule has 0 saturated heterocycles. The molecule has 0 saturated carbocycles. The van der Waals surface area contributed by atoms with E-state index in [0.717, 1.165) is 17.0 Å². The zero-order chi connectivity index (χ0) is 20.4. The van der Waals surface area contributed by atoms with Gasteiger partial charge in [0.25, 0.3) is 5.91 Å². The number of aliphatic hydroxyl groups excluding tert-OH is 2. The van der Waals surface area contributed by atoms with Gasteiger partial charge in [-0.25, -0.2) is 9.50 Å². The topological polar surface area (TPSA) is 99.8 Å². The first-order valence-corrected chi connectivity index (χ1v) is 9.18. The number of aryl methyl sites for hydroxylation is 1. The number of nitrogens with zero attached hydrogens (tertiary/aromatic N) is 3. The van der Waals surface area contributed by atoms with Gasteiger partial charge in [-0.05, 0) is 24.6 Å². The molecule has 7 heteroatoms. The van der Waals surface area contributed by atoms with Crippen molar-refractivity contribution >= 4 is 17.4 Å². The van der Waals surface area contributed by atoms with Crippen LogP contribution in [0.2, 0.25) is 0 Å². The van der Waals surface area contributed by atoms with Crippen LogP contribution < -0.4 is 5.32 Å². The number of aliphatic hydroxyl groups is 2. The number of hydrogen-bond donors (Lipinski definition) is 3. The molecule has 0 spiro atoms. The first-order valence-electron chi connectivity index (χ1n) is 9.18. The van der Waals surface area contributed by atoms with Gasteiger partial charge < -0.3 is 15.5 Å². The predicted octanol–water partition coefficient (Wildman–Crippen LogP) is 2.98. The van der Waals surface area contributed by atoms with E-state index < -0.39 is 6.10 Å². The third kappa shape index (κ3) is 3.87. The van der Waals surface area contributed by atoms with Gasteiger partial charge in [-0.2, -0.15) is 5.10 Å². The molecule has 7 nitrogen and oxygen atoms in total. The third-order valence-electron chi connectivity index (χ3n) is 4.59. The number of rotatable bonds is 5. The highest BCUT2D eigenvalue weighted by atomic mass is 16.3. The molecule has 1 amide bonds. The van der Waals surface area contributed by atoms with Gasteiger partial charge in [-0.3, -0.25) is 4.79 Å². The summed E-state index contributed by atoms with van der Waals surface area (Å²) in [7, 11) is 0. The van der Waals surface area contributed by atoms with E-state index in [4.69, 9.17) is 5.11 Å². The molecule has 1 atom stereocenters. The molecule has 0 aliphatic carbocycles. The molecule has 4 rings (SSSR count). The van der Waals surface area contributed by atoms with Crippen molar-refractivity contribution < 1.29 is 15.0 Å². The highest BCUT2D eigenvalue weighted by Crippen LogP contribution is 2.24. The largest absolute Gasteiger partial charge is 0.393 e. The second-order valence-electron chi connectivity index (χ2n) is 6.72. The average Bonchev–Trinajstić information content (AvgIpc) is 3.13. The van der Waals surface area contributed by atoms with Crippen LogP contribution in [-0.4, -0.2) is 37.3 Å². The van der Waals surface area contributed by atoms with Crippen LogP contribution in [0, 0.1) is 6.92 Å². The summed E-state index contributed by atoms with van der Waals surface area (Å²) in [4.78, 5) is 17.2. The number of fused-ring (bicyclic) bond motifs is 1. The molecule has 2 aromatic heterocycles. The Hall–Kier alpha value is -3.55. The third-order valence-corrected chi connectivity index (χ3v) is 4.59. The van der Waals surface area contributed by atoms with E-state index in [9.17, 15) is 9.90 Å². The second kappa shape index (κ2) is 7.83. The molecule has 2 heterocycles. The van der Waals surface area contributed by atoms with Crippen molar-refractivity contribution in [3.8, 4) is 11.3 Å². The van der Waals surface area contributed by atoms with Crippen molar-refractivity contribution in [3.05, 3.63) is 83.6 Å². The number of amides is 1. The van der Waals surface area contributed by atoms with Crippen LogP contribution in [0.1, 0.15) is 27.7 Å². The minimum Gasteiger partial charge on any atom is -0.393 e. The summed E-state index contributed by atoms with van der Waals surface area (Å²) in [5, 5.41) is 26.0. The summed E-state index contributed by atoms with van der Waals surface area (Å²) in [5.74, 6) is 0.0999. The summed E-state index contributed by atoms with van der Waals surface area (Å²) in [6.45, 7) is 1.52. The first-order chi connectivity index (χ1) is 14.0. The molecule has 4 aromatic rings. The Morgan fingerprint density at radius 1 is 1.10 bits per heavy atom. The lowest BCUT2D eigenvalue weighted by molar-refractivity contribution is 0.0954. The van der Waals surface area contributed by atoms with Crippen molar-refractivity contribution in [2.24, 2.45) is 0 Å². The highest BCUT2D eigenvalue weighted by Gasteiger charge is 2.14. The molecule has 3 N–H and O–H groups in total. The van der Waals surface area contributed by atoms with Crippen molar-refractivity contribution in [2.45, 2.75) is 13.0 Å². The fourth-order valence-corrected chi connectivity index (χ4v) is 3.12. The Labute approximate surface area is 167 Å². The van der Waals surface area contributed by atoms with Gasteiger partial charge in [0.1, 0.15) is 11.9 Å². The second-order valence-corrected chi connectivity index (χ2v) is 6.72. The Bertz CT molecular complexity index is 1150. The zero-order valence-electron chi connectivity index (χ0n) is 15.8. The fraction of sp³-hybridized carbons (Fsp3) is 0.136. The minimum absolute atomic E-state index is 0.317. The van der Waals surface area contributed by atoms with Crippen molar-refractivity contribution in [3.63, 3.8) is 0 Å². The van der Waals surface area contributed by atoms with E-state index in [1.165, 1.54) is 0 Å². The molecule has 0 aliphatic rings. The number of carbonyl (C=O) groups excluding carboxylic acids is 1. The fourth-order valence-electron chi connectivity index (χ4n) is 3.12. The van der Waals surface area contributed by atoms with E-state index >= 15 is 0 Å². The van der Waals surface area contributed by atoms with Gasteiger partial charge in [0.05, 0.1) is 18.0 Å². The molecule has 146 valence electrons. The van der Waals surface area contributed by atoms with Gasteiger partial charge in [-0.15, -0.1) is 0 Å². The Balaban J connectivity index is 1.66. The summed E-state index contributed by atoms with van der Waals surface area (Å²) in [6, 6.07) is 19.8. The number of aromatic nitrogens is 3. The standard InChI is InChI=1S/C22H20N4O3/c1-14-11-21-23-20(12-18(26(21)25-14)15-5-3-2-4-6-15)24-22(29)17-9-7-16(8-10-17)19(28)13-27/h2-12,19,27-28H,13H2,1H3,(H,23,24,29). The first kappa shape index (κ1) is 18.8. The molecule has 1 unspecified atom stereocenters. The zero-order valence-corrected chi connectivity index (χ0v) is 15.8. The van der Waals surface area contributed by atoms with Crippen molar-refractivity contribution in [2.75, 3.05) is 11.9 Å². The maximum Gasteiger partial charge on any atom is 0.256 e. The Morgan fingerprint density at radius 2 is 1.83 bits per heavy atom. The summed E-state index contributed by atoms with van der Waals surface area (Å²) in [6.07, 6.45) is -0.963. The maximum atomic E-state index is 12.7. The molecule has 0 bridgehead atoms. The monoisotopic (exact) mass is 388 g/mol. The minimum atomic E-state index is -0.963. The number of nitrogens with one attached hydrogen (secondary N) is 1. The van der Waals surface area contributed by atoms with Crippen LogP contribution >= 0.6 is 0 Å². The van der Waals surface area contributed by atoms with E-state index in [0.29, 0.717) is 22.6 Å². The summed E-state index contributed by atoms with van der Waals surface area (Å²) >= 11 is 0. The normalized spacial score (nSPS) is 12.1. The lowest BCUT2D eigenvalue weighted by Gasteiger charge is -2.11. The highest BCUT2D eigenvalue weighted by molar-refractivity contribution is 6.04. The maximum absolute atomic E-state index is 12.7. The quantitative estimate of drug-likeness (QED) is 0.488. The van der Waals surface area contributed by atoms with E-state index in [1.807, 2.05) is 43.3 Å². The number of hydrogen-bond acceptors (Lipinski definition) is 5. The molecular formula is C22H20N4O3. The van der Waals surface area contributed by atoms with Gasteiger partial charge in [-0.1, -0.05) is 42.5 Å². The van der Waals surface area contributed by atoms with Crippen molar-refractivity contribution in [1.29, 1.82) is 0 Å². The van der Waals surface area contributed by atoms with E-state index in [-0.39, 0.29) is 12.5 Å². The summed E-state index contributed by atoms with van der Waals surface area (Å²) in [5.41, 5.74) is 4.22. The van der Waals surface area contributed by atoms with Crippen LogP contribution in [-0.2, 0) is 0 Å². The van der Waals surface area contributed by atoms with Gasteiger partial charge in [0, 0.05) is 23.3 Å². The molecule has 0 fully saturated rings. The van der Waals surface area contributed by atoms with E-state index in [1.54, 1.807) is 34.8 Å². The van der Waals surface area contributed by atoms with E-state index in [2.05, 4.69) is 15.4 Å². The predicted molar refractivity (Wildman–Crippen MR) is 110 cm³/mol. The van der Waals surface area contributed by atoms with Crippen LogP contribution in [0.15, 0.2) is 66.7 Å². The molecule has 0 aliphatic heterocycles. The van der Waals surface area contributed by atoms with Gasteiger partial charge in [0.2, 0.25) is 0 Å². The molecule has 2 aromatic carbocycles. The van der Waals surface area contributed by atoms with Gasteiger partial charge >= 0.3 is 0 Å². The van der Waals surface area contributed by atoms with Gasteiger partial charge in [0.15, 0.2) is 5.65 Å². The van der Waals surface area contributed by atoms with Crippen LogP contribution in [0.4, 0.5) is 5.82 Å². The van der Waals surface area contributed by atoms with Crippen LogP contribution in [0.25, 0.3) is 16.9 Å². The Kier molecular flexibility index (Phi) is 5.07. The molecule has 0 radical (unpaired) electrons. The molecule has 29 heavy (non-hydrogen) atoms. The summed E-state index contributed by atoms with van der Waals surface area (Å²) < 4.78 is 1.76. The number of benzene rings is 2. The average molecular weight is 388 g/mol. The smallest absolute Gasteiger partial charge is 0.256 e. The molecular weight excluding hydrogens is 368 g/mol. The van der Waals surface area contributed by atoms with Crippen LogP contribution in [0.5, 0.6) is 0 Å². The SMILES string of the molecule is Cc1cc2nc(NC(=O)c3ccc(C(O)CO)cc3)cc(-c3ccccc3)n2n1. The Morgan fingerprint density at radius 3 is 2.52 bits per heavy atom. The number of carbonyl (C=O) groups is 1. The lowest BCUT2D eigenvalue weighted by atomic mass is 10.1. The lowest BCUT2D eigenvalue weighted by Crippen LogP contribution is -2.14. The van der Waals surface area contributed by atoms with Crippen molar-refractivity contribution in [1.82, 2.24) is 14.6 Å². The number of anilines is 1. The van der Waals surface area contributed by atoms with Crippen LogP contribution in [0.3, 0.4) is 0 Å².